The molecule has 0 aliphatic rings. The van der Waals surface area contributed by atoms with Crippen LogP contribution in [0.1, 0.15) is 10.4 Å². The highest BCUT2D eigenvalue weighted by molar-refractivity contribution is 7.89. The van der Waals surface area contributed by atoms with Crippen LogP contribution in [0.25, 0.3) is 0 Å². The molecule has 0 spiro atoms. The summed E-state index contributed by atoms with van der Waals surface area (Å²) in [5.41, 5.74) is 0.367. The van der Waals surface area contributed by atoms with Crippen molar-refractivity contribution in [2.75, 3.05) is 41.3 Å². The molecule has 0 bridgehead atoms. The number of nitrogens with one attached hydrogen (secondary N) is 1. The van der Waals surface area contributed by atoms with E-state index < -0.39 is 10.0 Å². The molecule has 6 nitrogen and oxygen atoms in total. The standard InChI is InChI=1S/C13H21N3O3S/c1-14-8-9-16(4)13(17)11-6-5-7-12(10-11)20(18,19)15(2)3/h5-7,10,14H,8-9H2,1-4H3. The van der Waals surface area contributed by atoms with Gasteiger partial charge in [-0.3, -0.25) is 4.79 Å². The molecule has 1 amide bonds. The van der Waals surface area contributed by atoms with Crippen molar-refractivity contribution in [3.8, 4) is 0 Å². The average Bonchev–Trinajstić information content (AvgIpc) is 2.43. The Morgan fingerprint density at radius 1 is 1.25 bits per heavy atom. The third-order valence-electron chi connectivity index (χ3n) is 2.90. The van der Waals surface area contributed by atoms with Crippen LogP contribution >= 0.6 is 0 Å². The number of hydrogen-bond donors (Lipinski definition) is 1. The normalized spacial score (nSPS) is 11.7. The molecule has 0 aliphatic carbocycles. The second kappa shape index (κ2) is 6.83. The van der Waals surface area contributed by atoms with E-state index in [4.69, 9.17) is 0 Å². The number of carbonyl (C=O) groups excluding carboxylic acids is 1. The predicted molar refractivity (Wildman–Crippen MR) is 78.2 cm³/mol. The van der Waals surface area contributed by atoms with Crippen LogP contribution in [-0.2, 0) is 10.0 Å². The van der Waals surface area contributed by atoms with Crippen LogP contribution in [0.4, 0.5) is 0 Å². The molecular weight excluding hydrogens is 278 g/mol. The summed E-state index contributed by atoms with van der Waals surface area (Å²) in [4.78, 5) is 13.9. The Hall–Kier alpha value is -1.44. The Bertz CT molecular complexity index is 570. The Balaban J connectivity index is 3.02. The first kappa shape index (κ1) is 16.6. The average molecular weight is 299 g/mol. The molecule has 0 aliphatic heterocycles. The minimum absolute atomic E-state index is 0.121. The van der Waals surface area contributed by atoms with Gasteiger partial charge in [-0.1, -0.05) is 6.07 Å². The van der Waals surface area contributed by atoms with Crippen LogP contribution in [0, 0.1) is 0 Å². The molecule has 7 heteroatoms. The quantitative estimate of drug-likeness (QED) is 0.816. The van der Waals surface area contributed by atoms with E-state index >= 15 is 0 Å². The monoisotopic (exact) mass is 299 g/mol. The zero-order chi connectivity index (χ0) is 15.3. The Morgan fingerprint density at radius 3 is 2.45 bits per heavy atom. The lowest BCUT2D eigenvalue weighted by atomic mass is 10.2. The molecule has 112 valence electrons. The number of sulfonamides is 1. The first-order chi connectivity index (χ1) is 9.30. The first-order valence-electron chi connectivity index (χ1n) is 6.23. The lowest BCUT2D eigenvalue weighted by Gasteiger charge is -2.18. The van der Waals surface area contributed by atoms with Crippen LogP contribution in [0.2, 0.25) is 0 Å². The highest BCUT2D eigenvalue weighted by Gasteiger charge is 2.19. The summed E-state index contributed by atoms with van der Waals surface area (Å²) in [5.74, 6) is -0.198. The van der Waals surface area contributed by atoms with Crippen LogP contribution in [-0.4, -0.2) is 64.8 Å². The highest BCUT2D eigenvalue weighted by atomic mass is 32.2. The number of nitrogens with zero attached hydrogens (tertiary/aromatic N) is 2. The van der Waals surface area contributed by atoms with E-state index in [0.29, 0.717) is 18.7 Å². The van der Waals surface area contributed by atoms with Gasteiger partial charge in [0.15, 0.2) is 0 Å². The van der Waals surface area contributed by atoms with E-state index in [0.717, 1.165) is 4.31 Å². The zero-order valence-corrected chi connectivity index (χ0v) is 13.1. The van der Waals surface area contributed by atoms with Crippen LogP contribution in [0.3, 0.4) is 0 Å². The minimum Gasteiger partial charge on any atom is -0.340 e. The molecule has 0 heterocycles. The number of carbonyl (C=O) groups is 1. The Kier molecular flexibility index (Phi) is 5.67. The molecule has 0 radical (unpaired) electrons. The molecule has 1 aromatic carbocycles. The smallest absolute Gasteiger partial charge is 0.253 e. The van der Waals surface area contributed by atoms with Gasteiger partial charge in [0.25, 0.3) is 5.91 Å². The van der Waals surface area contributed by atoms with E-state index in [9.17, 15) is 13.2 Å². The van der Waals surface area contributed by atoms with Crippen molar-refractivity contribution < 1.29 is 13.2 Å². The third-order valence-corrected chi connectivity index (χ3v) is 4.71. The van der Waals surface area contributed by atoms with Crippen LogP contribution in [0.15, 0.2) is 29.2 Å². The largest absolute Gasteiger partial charge is 0.340 e. The van der Waals surface area contributed by atoms with Gasteiger partial charge in [-0.2, -0.15) is 0 Å². The summed E-state index contributed by atoms with van der Waals surface area (Å²) in [6.07, 6.45) is 0. The van der Waals surface area contributed by atoms with E-state index in [1.807, 2.05) is 7.05 Å². The van der Waals surface area contributed by atoms with Gasteiger partial charge in [0.1, 0.15) is 0 Å². The van der Waals surface area contributed by atoms with Gasteiger partial charge in [0.2, 0.25) is 10.0 Å². The van der Waals surface area contributed by atoms with Gasteiger partial charge in [-0.15, -0.1) is 0 Å². The summed E-state index contributed by atoms with van der Waals surface area (Å²) in [7, 11) is 2.89. The molecule has 20 heavy (non-hydrogen) atoms. The van der Waals surface area contributed by atoms with Crippen molar-refractivity contribution >= 4 is 15.9 Å². The zero-order valence-electron chi connectivity index (χ0n) is 12.3. The molecule has 0 aromatic heterocycles. The molecule has 1 N–H and O–H groups in total. The number of likely N-dealkylation sites (N-methyl/N-ethyl adjacent to an activating group) is 2. The topological polar surface area (TPSA) is 69.7 Å². The molecular formula is C13H21N3O3S. The molecule has 0 saturated carbocycles. The van der Waals surface area contributed by atoms with E-state index in [1.54, 1.807) is 24.1 Å². The fourth-order valence-corrected chi connectivity index (χ4v) is 2.55. The molecule has 1 aromatic rings. The van der Waals surface area contributed by atoms with Crippen molar-refractivity contribution in [3.63, 3.8) is 0 Å². The fourth-order valence-electron chi connectivity index (χ4n) is 1.60. The second-order valence-electron chi connectivity index (χ2n) is 4.65. The lowest BCUT2D eigenvalue weighted by molar-refractivity contribution is 0.0796. The van der Waals surface area contributed by atoms with Crippen molar-refractivity contribution in [2.24, 2.45) is 0 Å². The molecule has 0 unspecified atom stereocenters. The van der Waals surface area contributed by atoms with Crippen molar-refractivity contribution in [2.45, 2.75) is 4.90 Å². The fraction of sp³-hybridized carbons (Fsp3) is 0.462. The van der Waals surface area contributed by atoms with Crippen molar-refractivity contribution in [1.29, 1.82) is 0 Å². The van der Waals surface area contributed by atoms with Gasteiger partial charge in [0.05, 0.1) is 4.90 Å². The van der Waals surface area contributed by atoms with E-state index in [2.05, 4.69) is 5.32 Å². The minimum atomic E-state index is -3.53. The molecule has 1 rings (SSSR count). The van der Waals surface area contributed by atoms with Gasteiger partial charge >= 0.3 is 0 Å². The summed E-state index contributed by atoms with van der Waals surface area (Å²) in [6.45, 7) is 1.23. The first-order valence-corrected chi connectivity index (χ1v) is 7.67. The van der Waals surface area contributed by atoms with Gasteiger partial charge in [-0.25, -0.2) is 12.7 Å². The maximum Gasteiger partial charge on any atom is 0.253 e. The lowest BCUT2D eigenvalue weighted by Crippen LogP contribution is -2.33. The van der Waals surface area contributed by atoms with Crippen LogP contribution in [0.5, 0.6) is 0 Å². The number of rotatable bonds is 6. The van der Waals surface area contributed by atoms with Gasteiger partial charge in [-0.05, 0) is 25.2 Å². The van der Waals surface area contributed by atoms with Crippen molar-refractivity contribution in [1.82, 2.24) is 14.5 Å². The van der Waals surface area contributed by atoms with Crippen molar-refractivity contribution in [3.05, 3.63) is 29.8 Å². The number of hydrogen-bond acceptors (Lipinski definition) is 4. The van der Waals surface area contributed by atoms with Gasteiger partial charge < -0.3 is 10.2 Å². The van der Waals surface area contributed by atoms with E-state index in [1.165, 1.54) is 26.2 Å². The summed E-state index contributed by atoms with van der Waals surface area (Å²) < 4.78 is 25.2. The maximum atomic E-state index is 12.2. The molecule has 0 saturated heterocycles. The Labute approximate surface area is 120 Å². The molecule has 0 fully saturated rings. The summed E-state index contributed by atoms with van der Waals surface area (Å²) in [6, 6.07) is 6.09. The van der Waals surface area contributed by atoms with E-state index in [-0.39, 0.29) is 10.8 Å². The summed E-state index contributed by atoms with van der Waals surface area (Å²) >= 11 is 0. The van der Waals surface area contributed by atoms with Crippen LogP contribution < -0.4 is 5.32 Å². The summed E-state index contributed by atoms with van der Waals surface area (Å²) in [5, 5.41) is 2.96. The second-order valence-corrected chi connectivity index (χ2v) is 6.80. The third kappa shape index (κ3) is 3.78. The Morgan fingerprint density at radius 2 is 1.90 bits per heavy atom. The predicted octanol–water partition coefficient (Wildman–Crippen LogP) is 0.228. The van der Waals surface area contributed by atoms with Gasteiger partial charge in [0, 0.05) is 39.8 Å². The maximum absolute atomic E-state index is 12.2. The SMILES string of the molecule is CNCCN(C)C(=O)c1cccc(S(=O)(=O)N(C)C)c1. The highest BCUT2D eigenvalue weighted by Crippen LogP contribution is 2.15. The number of amides is 1. The number of benzene rings is 1. The molecule has 0 atom stereocenters.